The Kier molecular flexibility index (Phi) is 8.75. The zero-order chi connectivity index (χ0) is 24.5. The molecule has 1 atom stereocenters. The van der Waals surface area contributed by atoms with Crippen molar-refractivity contribution in [2.75, 3.05) is 32.1 Å². The van der Waals surface area contributed by atoms with Crippen LogP contribution in [0.1, 0.15) is 46.1 Å². The number of likely N-dealkylation sites (tertiary alicyclic amines) is 1. The first kappa shape index (κ1) is 24.8. The summed E-state index contributed by atoms with van der Waals surface area (Å²) >= 11 is 1.60. The summed E-state index contributed by atoms with van der Waals surface area (Å²) in [6.45, 7) is 2.92. The highest BCUT2D eigenvalue weighted by atomic mass is 32.1. The molecule has 0 saturated carbocycles. The van der Waals surface area contributed by atoms with Crippen molar-refractivity contribution in [2.24, 2.45) is 0 Å². The van der Waals surface area contributed by atoms with Crippen LogP contribution in [0.2, 0.25) is 0 Å². The highest BCUT2D eigenvalue weighted by Crippen LogP contribution is 2.31. The van der Waals surface area contributed by atoms with Gasteiger partial charge in [0.05, 0.1) is 19.7 Å². The number of ether oxygens (including phenoxy) is 1. The van der Waals surface area contributed by atoms with E-state index in [-0.39, 0.29) is 18.0 Å². The Labute approximate surface area is 210 Å². The molecule has 3 amide bonds. The molecular formula is C27H32N4O3S. The molecule has 0 spiro atoms. The number of nitrogens with one attached hydrogen (secondary N) is 3. The monoisotopic (exact) mass is 492 g/mol. The maximum atomic E-state index is 12.8. The van der Waals surface area contributed by atoms with Crippen LogP contribution in [-0.4, -0.2) is 43.6 Å². The molecule has 4 rings (SSSR count). The Bertz CT molecular complexity index is 1110. The molecule has 8 heteroatoms. The number of hydrogen-bond donors (Lipinski definition) is 3. The number of carbonyl (C=O) groups is 2. The second-order valence-corrected chi connectivity index (χ2v) is 9.56. The molecule has 2 aromatic carbocycles. The van der Waals surface area contributed by atoms with Gasteiger partial charge in [-0.1, -0.05) is 36.8 Å². The highest BCUT2D eigenvalue weighted by Gasteiger charge is 2.25. The maximum absolute atomic E-state index is 12.8. The van der Waals surface area contributed by atoms with Gasteiger partial charge in [-0.05, 0) is 61.6 Å². The van der Waals surface area contributed by atoms with Crippen molar-refractivity contribution >= 4 is 29.0 Å². The number of anilines is 1. The third kappa shape index (κ3) is 6.83. The zero-order valence-corrected chi connectivity index (χ0v) is 20.8. The van der Waals surface area contributed by atoms with Crippen LogP contribution in [0.3, 0.4) is 0 Å². The first-order valence-corrected chi connectivity index (χ1v) is 12.8. The lowest BCUT2D eigenvalue weighted by molar-refractivity contribution is 0.0951. The number of hydrogen-bond acceptors (Lipinski definition) is 5. The third-order valence-electron chi connectivity index (χ3n) is 6.17. The number of amides is 3. The second kappa shape index (κ2) is 12.4. The lowest BCUT2D eigenvalue weighted by Crippen LogP contribution is -2.41. The Morgan fingerprint density at radius 2 is 1.83 bits per heavy atom. The SMILES string of the molecule is COc1ccccc1C(CNC(=O)Nc1cccc(C(=O)NCc2cccs2)c1)N1CCCCC1. The molecule has 2 heterocycles. The average Bonchev–Trinajstić information content (AvgIpc) is 3.42. The van der Waals surface area contributed by atoms with Gasteiger partial charge in [-0.15, -0.1) is 11.3 Å². The molecule has 7 nitrogen and oxygen atoms in total. The average molecular weight is 493 g/mol. The number of nitrogens with zero attached hydrogens (tertiary/aromatic N) is 1. The maximum Gasteiger partial charge on any atom is 0.319 e. The van der Waals surface area contributed by atoms with Gasteiger partial charge in [-0.25, -0.2) is 4.79 Å². The van der Waals surface area contributed by atoms with Crippen molar-refractivity contribution in [3.05, 3.63) is 82.0 Å². The molecule has 3 N–H and O–H groups in total. The molecule has 1 aliphatic heterocycles. The molecule has 0 radical (unpaired) electrons. The summed E-state index contributed by atoms with van der Waals surface area (Å²) in [6, 6.07) is 18.6. The molecule has 35 heavy (non-hydrogen) atoms. The van der Waals surface area contributed by atoms with Crippen molar-refractivity contribution in [1.82, 2.24) is 15.5 Å². The second-order valence-electron chi connectivity index (χ2n) is 8.53. The van der Waals surface area contributed by atoms with Crippen molar-refractivity contribution in [2.45, 2.75) is 31.8 Å². The predicted molar refractivity (Wildman–Crippen MR) is 140 cm³/mol. The first-order valence-electron chi connectivity index (χ1n) is 12.0. The van der Waals surface area contributed by atoms with Gasteiger partial charge < -0.3 is 20.7 Å². The normalized spacial score (nSPS) is 14.7. The molecule has 0 bridgehead atoms. The smallest absolute Gasteiger partial charge is 0.319 e. The Hall–Kier alpha value is -3.36. The minimum Gasteiger partial charge on any atom is -0.496 e. The molecular weight excluding hydrogens is 460 g/mol. The number of urea groups is 1. The molecule has 1 saturated heterocycles. The van der Waals surface area contributed by atoms with Crippen LogP contribution in [0.5, 0.6) is 5.75 Å². The van der Waals surface area contributed by atoms with Crippen LogP contribution in [0, 0.1) is 0 Å². The first-order chi connectivity index (χ1) is 17.1. The van der Waals surface area contributed by atoms with Gasteiger partial charge in [0.1, 0.15) is 5.75 Å². The number of piperidine rings is 1. The molecule has 1 aromatic heterocycles. The van der Waals surface area contributed by atoms with Gasteiger partial charge in [-0.3, -0.25) is 9.69 Å². The van der Waals surface area contributed by atoms with Crippen molar-refractivity contribution < 1.29 is 14.3 Å². The lowest BCUT2D eigenvalue weighted by Gasteiger charge is -2.35. The summed E-state index contributed by atoms with van der Waals surface area (Å²) in [5.41, 5.74) is 2.14. The Morgan fingerprint density at radius 1 is 1.00 bits per heavy atom. The van der Waals surface area contributed by atoms with Crippen LogP contribution in [0.4, 0.5) is 10.5 Å². The van der Waals surface area contributed by atoms with Gasteiger partial charge in [-0.2, -0.15) is 0 Å². The number of methoxy groups -OCH3 is 1. The van der Waals surface area contributed by atoms with Gasteiger partial charge in [0, 0.05) is 28.2 Å². The van der Waals surface area contributed by atoms with Gasteiger partial charge in [0.25, 0.3) is 5.91 Å². The fourth-order valence-electron chi connectivity index (χ4n) is 4.39. The quantitative estimate of drug-likeness (QED) is 0.391. The summed E-state index contributed by atoms with van der Waals surface area (Å²) in [6.07, 6.45) is 3.54. The topological polar surface area (TPSA) is 82.7 Å². The van der Waals surface area contributed by atoms with Crippen LogP contribution in [0.25, 0.3) is 0 Å². The number of rotatable bonds is 9. The standard InChI is InChI=1S/C27H32N4O3S/c1-34-25-13-4-3-12-23(25)24(31-14-5-2-6-15-31)19-29-27(33)30-21-10-7-9-20(17-21)26(32)28-18-22-11-8-16-35-22/h3-4,7-13,16-17,24H,2,5-6,14-15,18-19H2,1H3,(H,28,32)(H2,29,30,33). The van der Waals surface area contributed by atoms with E-state index >= 15 is 0 Å². The van der Waals surface area contributed by atoms with Crippen molar-refractivity contribution in [1.29, 1.82) is 0 Å². The fraction of sp³-hybridized carbons (Fsp3) is 0.333. The summed E-state index contributed by atoms with van der Waals surface area (Å²) in [5.74, 6) is 0.648. The van der Waals surface area contributed by atoms with E-state index in [9.17, 15) is 9.59 Å². The molecule has 1 unspecified atom stereocenters. The number of thiophene rings is 1. The fourth-order valence-corrected chi connectivity index (χ4v) is 5.04. The van der Waals surface area contributed by atoms with E-state index < -0.39 is 0 Å². The number of benzene rings is 2. The van der Waals surface area contributed by atoms with E-state index in [1.165, 1.54) is 6.42 Å². The van der Waals surface area contributed by atoms with Gasteiger partial charge >= 0.3 is 6.03 Å². The van der Waals surface area contributed by atoms with Crippen LogP contribution in [-0.2, 0) is 6.54 Å². The largest absolute Gasteiger partial charge is 0.496 e. The van der Waals surface area contributed by atoms with Crippen LogP contribution < -0.4 is 20.7 Å². The Balaban J connectivity index is 1.37. The zero-order valence-electron chi connectivity index (χ0n) is 20.0. The lowest BCUT2D eigenvalue weighted by atomic mass is 10.0. The van der Waals surface area contributed by atoms with Crippen LogP contribution >= 0.6 is 11.3 Å². The van der Waals surface area contributed by atoms with Crippen LogP contribution in [0.15, 0.2) is 66.0 Å². The van der Waals surface area contributed by atoms with E-state index in [4.69, 9.17) is 4.74 Å². The minimum atomic E-state index is -0.307. The summed E-state index contributed by atoms with van der Waals surface area (Å²) in [5, 5.41) is 10.8. The van der Waals surface area contributed by atoms with E-state index in [2.05, 4.69) is 26.9 Å². The van der Waals surface area contributed by atoms with Gasteiger partial charge in [0.15, 0.2) is 0 Å². The highest BCUT2D eigenvalue weighted by molar-refractivity contribution is 7.09. The molecule has 1 fully saturated rings. The predicted octanol–water partition coefficient (Wildman–Crippen LogP) is 5.04. The number of para-hydroxylation sites is 1. The molecule has 1 aliphatic rings. The summed E-state index contributed by atoms with van der Waals surface area (Å²) in [4.78, 5) is 28.8. The van der Waals surface area contributed by atoms with Gasteiger partial charge in [0.2, 0.25) is 0 Å². The van der Waals surface area contributed by atoms with E-state index in [0.29, 0.717) is 24.3 Å². The Morgan fingerprint density at radius 3 is 2.60 bits per heavy atom. The van der Waals surface area contributed by atoms with E-state index in [1.807, 2.05) is 35.7 Å². The summed E-state index contributed by atoms with van der Waals surface area (Å²) in [7, 11) is 1.68. The van der Waals surface area contributed by atoms with E-state index in [0.717, 1.165) is 42.1 Å². The van der Waals surface area contributed by atoms with E-state index in [1.54, 1.807) is 42.7 Å². The molecule has 3 aromatic rings. The third-order valence-corrected chi connectivity index (χ3v) is 7.05. The van der Waals surface area contributed by atoms with Crippen molar-refractivity contribution in [3.8, 4) is 5.75 Å². The minimum absolute atomic E-state index is 0.0200. The molecule has 184 valence electrons. The summed E-state index contributed by atoms with van der Waals surface area (Å²) < 4.78 is 5.61. The van der Waals surface area contributed by atoms with Crippen molar-refractivity contribution in [3.63, 3.8) is 0 Å². The molecule has 0 aliphatic carbocycles. The number of carbonyl (C=O) groups excluding carboxylic acids is 2.